The first-order valence-electron chi connectivity index (χ1n) is 5.09. The number of nitrogens with zero attached hydrogens (tertiary/aromatic N) is 2. The van der Waals surface area contributed by atoms with Crippen LogP contribution in [0.2, 0.25) is 0 Å². The van der Waals surface area contributed by atoms with Crippen molar-refractivity contribution in [3.8, 4) is 0 Å². The molecule has 2 rings (SSSR count). The van der Waals surface area contributed by atoms with Crippen LogP contribution in [0.15, 0.2) is 24.3 Å². The highest BCUT2D eigenvalue weighted by Crippen LogP contribution is 2.09. The number of aromatic nitrogens is 3. The summed E-state index contributed by atoms with van der Waals surface area (Å²) in [7, 11) is 0. The number of nitrogens with one attached hydrogen (secondary N) is 1. The molecular formula is C11H12FN3S. The maximum Gasteiger partial charge on any atom is 0.195 e. The van der Waals surface area contributed by atoms with E-state index in [1.54, 1.807) is 12.1 Å². The first-order valence-corrected chi connectivity index (χ1v) is 5.50. The molecule has 1 N–H and O–H groups in total. The zero-order valence-electron chi connectivity index (χ0n) is 8.90. The van der Waals surface area contributed by atoms with Crippen LogP contribution >= 0.6 is 12.2 Å². The molecule has 1 aromatic heterocycles. The molecule has 3 nitrogen and oxygen atoms in total. The Labute approximate surface area is 97.9 Å². The standard InChI is InChI=1S/C11H12FN3S/c1-2-15-10(13-14-11(15)16)7-8-3-5-9(12)6-4-8/h3-6H,2,7H2,1H3,(H,14,16). The summed E-state index contributed by atoms with van der Waals surface area (Å²) in [4.78, 5) is 0. The fourth-order valence-corrected chi connectivity index (χ4v) is 1.88. The molecule has 0 spiro atoms. The van der Waals surface area contributed by atoms with E-state index in [2.05, 4.69) is 10.2 Å². The molecule has 1 heterocycles. The number of rotatable bonds is 3. The van der Waals surface area contributed by atoms with Crippen LogP contribution in [0.3, 0.4) is 0 Å². The van der Waals surface area contributed by atoms with Gasteiger partial charge in [-0.2, -0.15) is 5.10 Å². The highest BCUT2D eigenvalue weighted by molar-refractivity contribution is 7.71. The molecule has 0 aliphatic rings. The van der Waals surface area contributed by atoms with Gasteiger partial charge in [0.2, 0.25) is 0 Å². The Balaban J connectivity index is 2.27. The van der Waals surface area contributed by atoms with Crippen LogP contribution in [-0.2, 0) is 13.0 Å². The number of hydrogen-bond donors (Lipinski definition) is 1. The lowest BCUT2D eigenvalue weighted by molar-refractivity contribution is 0.626. The summed E-state index contributed by atoms with van der Waals surface area (Å²) in [5.41, 5.74) is 1.02. The van der Waals surface area contributed by atoms with Crippen LogP contribution in [0.25, 0.3) is 0 Å². The number of benzene rings is 1. The van der Waals surface area contributed by atoms with E-state index >= 15 is 0 Å². The van der Waals surface area contributed by atoms with Crippen molar-refractivity contribution >= 4 is 12.2 Å². The predicted molar refractivity (Wildman–Crippen MR) is 62.3 cm³/mol. The molecule has 0 saturated carbocycles. The minimum Gasteiger partial charge on any atom is -0.304 e. The molecular weight excluding hydrogens is 225 g/mol. The second kappa shape index (κ2) is 4.57. The maximum atomic E-state index is 12.7. The van der Waals surface area contributed by atoms with Gasteiger partial charge >= 0.3 is 0 Å². The van der Waals surface area contributed by atoms with E-state index in [9.17, 15) is 4.39 Å². The Morgan fingerprint density at radius 3 is 2.69 bits per heavy atom. The highest BCUT2D eigenvalue weighted by atomic mass is 32.1. The summed E-state index contributed by atoms with van der Waals surface area (Å²) in [5, 5.41) is 6.92. The Morgan fingerprint density at radius 1 is 1.38 bits per heavy atom. The number of H-pyrrole nitrogens is 1. The Kier molecular flexibility index (Phi) is 3.14. The molecule has 0 aliphatic carbocycles. The second-order valence-corrected chi connectivity index (χ2v) is 3.88. The Hall–Kier alpha value is -1.49. The summed E-state index contributed by atoms with van der Waals surface area (Å²) < 4.78 is 15.3. The van der Waals surface area contributed by atoms with Gasteiger partial charge in [-0.1, -0.05) is 12.1 Å². The minimum atomic E-state index is -0.224. The molecule has 0 atom stereocenters. The van der Waals surface area contributed by atoms with Crippen LogP contribution in [0.5, 0.6) is 0 Å². The monoisotopic (exact) mass is 237 g/mol. The van der Waals surface area contributed by atoms with E-state index in [1.807, 2.05) is 11.5 Å². The van der Waals surface area contributed by atoms with Crippen molar-refractivity contribution in [2.24, 2.45) is 0 Å². The molecule has 0 radical (unpaired) electrons. The van der Waals surface area contributed by atoms with Crippen LogP contribution in [0, 0.1) is 10.6 Å². The van der Waals surface area contributed by atoms with Crippen molar-refractivity contribution in [1.29, 1.82) is 0 Å². The third kappa shape index (κ3) is 2.19. The summed E-state index contributed by atoms with van der Waals surface area (Å²) in [6.07, 6.45) is 0.654. The molecule has 0 unspecified atom stereocenters. The topological polar surface area (TPSA) is 33.6 Å². The first kappa shape index (κ1) is 11.0. The van der Waals surface area contributed by atoms with Crippen LogP contribution in [0.4, 0.5) is 4.39 Å². The van der Waals surface area contributed by atoms with Gasteiger partial charge in [0.25, 0.3) is 0 Å². The van der Waals surface area contributed by atoms with E-state index in [-0.39, 0.29) is 5.82 Å². The van der Waals surface area contributed by atoms with Gasteiger partial charge in [-0.05, 0) is 36.8 Å². The van der Waals surface area contributed by atoms with Gasteiger partial charge in [0.1, 0.15) is 11.6 Å². The van der Waals surface area contributed by atoms with E-state index in [4.69, 9.17) is 12.2 Å². The summed E-state index contributed by atoms with van der Waals surface area (Å²) in [6, 6.07) is 6.42. The van der Waals surface area contributed by atoms with E-state index in [0.29, 0.717) is 11.2 Å². The lowest BCUT2D eigenvalue weighted by Crippen LogP contribution is -2.02. The normalized spacial score (nSPS) is 10.6. The third-order valence-electron chi connectivity index (χ3n) is 2.43. The summed E-state index contributed by atoms with van der Waals surface area (Å²) in [6.45, 7) is 2.80. The molecule has 0 bridgehead atoms. The predicted octanol–water partition coefficient (Wildman–Crippen LogP) is 2.69. The van der Waals surface area contributed by atoms with Gasteiger partial charge in [-0.15, -0.1) is 0 Å². The molecule has 2 aromatic rings. The van der Waals surface area contributed by atoms with Crippen molar-refractivity contribution in [1.82, 2.24) is 14.8 Å². The number of aromatic amines is 1. The molecule has 84 valence electrons. The molecule has 1 aromatic carbocycles. The van der Waals surface area contributed by atoms with Gasteiger partial charge in [-0.3, -0.25) is 5.10 Å². The van der Waals surface area contributed by atoms with Crippen molar-refractivity contribution < 1.29 is 4.39 Å². The maximum absolute atomic E-state index is 12.7. The zero-order valence-corrected chi connectivity index (χ0v) is 9.72. The third-order valence-corrected chi connectivity index (χ3v) is 2.74. The van der Waals surface area contributed by atoms with E-state index < -0.39 is 0 Å². The van der Waals surface area contributed by atoms with Crippen molar-refractivity contribution in [3.05, 3.63) is 46.2 Å². The van der Waals surface area contributed by atoms with Gasteiger partial charge in [0.15, 0.2) is 4.77 Å². The molecule has 16 heavy (non-hydrogen) atoms. The van der Waals surface area contributed by atoms with E-state index in [1.165, 1.54) is 12.1 Å². The summed E-state index contributed by atoms with van der Waals surface area (Å²) in [5.74, 6) is 0.650. The van der Waals surface area contributed by atoms with Gasteiger partial charge in [0.05, 0.1) is 0 Å². The molecule has 5 heteroatoms. The molecule has 0 saturated heterocycles. The Bertz CT molecular complexity index is 527. The van der Waals surface area contributed by atoms with Crippen molar-refractivity contribution in [3.63, 3.8) is 0 Å². The van der Waals surface area contributed by atoms with Crippen LogP contribution in [-0.4, -0.2) is 14.8 Å². The SMILES string of the molecule is CCn1c(Cc2ccc(F)cc2)n[nH]c1=S. The average Bonchev–Trinajstić information content (AvgIpc) is 2.63. The van der Waals surface area contributed by atoms with Crippen molar-refractivity contribution in [2.45, 2.75) is 19.9 Å². The average molecular weight is 237 g/mol. The van der Waals surface area contributed by atoms with Crippen LogP contribution < -0.4 is 0 Å². The van der Waals surface area contributed by atoms with Crippen molar-refractivity contribution in [2.75, 3.05) is 0 Å². The second-order valence-electron chi connectivity index (χ2n) is 3.49. The molecule has 0 amide bonds. The van der Waals surface area contributed by atoms with Gasteiger partial charge in [-0.25, -0.2) is 4.39 Å². The lowest BCUT2D eigenvalue weighted by atomic mass is 10.1. The molecule has 0 fully saturated rings. The van der Waals surface area contributed by atoms with Gasteiger partial charge < -0.3 is 4.57 Å². The first-order chi connectivity index (χ1) is 7.70. The fourth-order valence-electron chi connectivity index (χ4n) is 1.60. The minimum absolute atomic E-state index is 0.224. The lowest BCUT2D eigenvalue weighted by Gasteiger charge is -2.03. The van der Waals surface area contributed by atoms with Gasteiger partial charge in [0, 0.05) is 13.0 Å². The largest absolute Gasteiger partial charge is 0.304 e. The zero-order chi connectivity index (χ0) is 11.5. The highest BCUT2D eigenvalue weighted by Gasteiger charge is 2.05. The smallest absolute Gasteiger partial charge is 0.195 e. The number of halogens is 1. The number of hydrogen-bond acceptors (Lipinski definition) is 2. The molecule has 0 aliphatic heterocycles. The fraction of sp³-hybridized carbons (Fsp3) is 0.273. The van der Waals surface area contributed by atoms with Crippen LogP contribution in [0.1, 0.15) is 18.3 Å². The quantitative estimate of drug-likeness (QED) is 0.833. The van der Waals surface area contributed by atoms with E-state index in [0.717, 1.165) is 17.9 Å². The Morgan fingerprint density at radius 2 is 2.06 bits per heavy atom. The summed E-state index contributed by atoms with van der Waals surface area (Å²) >= 11 is 5.09.